The Balaban J connectivity index is 2.55. The minimum atomic E-state index is 0.232. The Hall–Kier alpha value is -1.37. The number of pyridine rings is 1. The standard InChI is InChI=1S/C12H6BrClN2/c13-10-4-2-1-3-9(10)11-6-5-8(7-15)12(14)16-11/h1-6H. The minimum Gasteiger partial charge on any atom is -0.235 e. The summed E-state index contributed by atoms with van der Waals surface area (Å²) in [6.07, 6.45) is 0. The molecule has 0 saturated carbocycles. The highest BCUT2D eigenvalue weighted by Crippen LogP contribution is 2.28. The first-order valence-electron chi connectivity index (χ1n) is 4.54. The van der Waals surface area contributed by atoms with Crippen LogP contribution in [0.4, 0.5) is 0 Å². The molecule has 2 aromatic rings. The van der Waals surface area contributed by atoms with Gasteiger partial charge in [-0.2, -0.15) is 5.26 Å². The Morgan fingerprint density at radius 2 is 1.94 bits per heavy atom. The van der Waals surface area contributed by atoms with Gasteiger partial charge in [0.05, 0.1) is 11.3 Å². The third kappa shape index (κ3) is 2.08. The van der Waals surface area contributed by atoms with E-state index in [1.165, 1.54) is 0 Å². The van der Waals surface area contributed by atoms with Gasteiger partial charge >= 0.3 is 0 Å². The minimum absolute atomic E-state index is 0.232. The molecular weight excluding hydrogens is 288 g/mol. The molecule has 0 N–H and O–H groups in total. The molecule has 0 spiro atoms. The summed E-state index contributed by atoms with van der Waals surface area (Å²) in [7, 11) is 0. The van der Waals surface area contributed by atoms with Crippen LogP contribution in [0.2, 0.25) is 5.15 Å². The highest BCUT2D eigenvalue weighted by Gasteiger charge is 2.07. The quantitative estimate of drug-likeness (QED) is 0.744. The molecule has 0 fully saturated rings. The molecule has 1 heterocycles. The van der Waals surface area contributed by atoms with Crippen LogP contribution in [0, 0.1) is 11.3 Å². The third-order valence-corrected chi connectivity index (χ3v) is 3.10. The lowest BCUT2D eigenvalue weighted by Crippen LogP contribution is -1.88. The van der Waals surface area contributed by atoms with Crippen LogP contribution < -0.4 is 0 Å². The zero-order valence-electron chi connectivity index (χ0n) is 8.11. The molecule has 1 aromatic carbocycles. The van der Waals surface area contributed by atoms with E-state index in [4.69, 9.17) is 16.9 Å². The van der Waals surface area contributed by atoms with E-state index >= 15 is 0 Å². The molecule has 0 unspecified atom stereocenters. The normalized spacial score (nSPS) is 9.81. The molecule has 0 amide bonds. The van der Waals surface area contributed by atoms with Crippen LogP contribution in [0.3, 0.4) is 0 Å². The van der Waals surface area contributed by atoms with Gasteiger partial charge in [-0.15, -0.1) is 0 Å². The summed E-state index contributed by atoms with van der Waals surface area (Å²) in [5.74, 6) is 0. The van der Waals surface area contributed by atoms with Crippen molar-refractivity contribution in [2.45, 2.75) is 0 Å². The number of hydrogen-bond acceptors (Lipinski definition) is 2. The maximum Gasteiger partial charge on any atom is 0.147 e. The van der Waals surface area contributed by atoms with Crippen molar-refractivity contribution in [3.63, 3.8) is 0 Å². The van der Waals surface area contributed by atoms with Crippen molar-refractivity contribution in [1.82, 2.24) is 4.98 Å². The van der Waals surface area contributed by atoms with Crippen LogP contribution in [-0.4, -0.2) is 4.98 Å². The van der Waals surface area contributed by atoms with Gasteiger partial charge in [0, 0.05) is 10.0 Å². The lowest BCUT2D eigenvalue weighted by Gasteiger charge is -2.04. The Bertz CT molecular complexity index is 575. The van der Waals surface area contributed by atoms with Gasteiger partial charge in [-0.05, 0) is 18.2 Å². The van der Waals surface area contributed by atoms with Crippen molar-refractivity contribution in [3.05, 3.63) is 51.6 Å². The number of nitrogens with zero attached hydrogens (tertiary/aromatic N) is 2. The zero-order valence-corrected chi connectivity index (χ0v) is 10.5. The Labute approximate surface area is 107 Å². The second-order valence-corrected chi connectivity index (χ2v) is 4.34. The van der Waals surface area contributed by atoms with Gasteiger partial charge < -0.3 is 0 Å². The van der Waals surface area contributed by atoms with Crippen LogP contribution in [0.25, 0.3) is 11.3 Å². The lowest BCUT2D eigenvalue weighted by atomic mass is 10.1. The van der Waals surface area contributed by atoms with Crippen molar-refractivity contribution in [1.29, 1.82) is 5.26 Å². The predicted molar refractivity (Wildman–Crippen MR) is 67.1 cm³/mol. The number of halogens is 2. The molecule has 1 aromatic heterocycles. The molecule has 78 valence electrons. The van der Waals surface area contributed by atoms with Crippen LogP contribution in [-0.2, 0) is 0 Å². The van der Waals surface area contributed by atoms with Gasteiger partial charge in [-0.25, -0.2) is 4.98 Å². The molecule has 0 aliphatic rings. The fourth-order valence-electron chi connectivity index (χ4n) is 1.34. The van der Waals surface area contributed by atoms with E-state index in [0.717, 1.165) is 15.7 Å². The van der Waals surface area contributed by atoms with Crippen LogP contribution >= 0.6 is 27.5 Å². The zero-order chi connectivity index (χ0) is 11.5. The summed E-state index contributed by atoms with van der Waals surface area (Å²) >= 11 is 9.33. The Morgan fingerprint density at radius 3 is 2.56 bits per heavy atom. The fourth-order valence-corrected chi connectivity index (χ4v) is 2.02. The van der Waals surface area contributed by atoms with Crippen LogP contribution in [0.5, 0.6) is 0 Å². The van der Waals surface area contributed by atoms with E-state index in [2.05, 4.69) is 20.9 Å². The summed E-state index contributed by atoms with van der Waals surface area (Å²) in [6.45, 7) is 0. The van der Waals surface area contributed by atoms with Crippen molar-refractivity contribution < 1.29 is 0 Å². The van der Waals surface area contributed by atoms with E-state index in [9.17, 15) is 0 Å². The molecule has 0 saturated heterocycles. The topological polar surface area (TPSA) is 36.7 Å². The number of rotatable bonds is 1. The van der Waals surface area contributed by atoms with E-state index in [1.807, 2.05) is 30.3 Å². The Kier molecular flexibility index (Phi) is 3.23. The number of nitriles is 1. The van der Waals surface area contributed by atoms with Crippen molar-refractivity contribution >= 4 is 27.5 Å². The summed E-state index contributed by atoms with van der Waals surface area (Å²) in [4.78, 5) is 4.19. The summed E-state index contributed by atoms with van der Waals surface area (Å²) in [5.41, 5.74) is 2.09. The second kappa shape index (κ2) is 4.65. The molecule has 0 atom stereocenters. The summed E-state index contributed by atoms with van der Waals surface area (Å²) < 4.78 is 0.947. The van der Waals surface area contributed by atoms with Crippen LogP contribution in [0.1, 0.15) is 5.56 Å². The molecule has 2 nitrogen and oxygen atoms in total. The molecular formula is C12H6BrClN2. The number of aromatic nitrogens is 1. The second-order valence-electron chi connectivity index (χ2n) is 3.13. The van der Waals surface area contributed by atoms with Gasteiger partial charge in [-0.1, -0.05) is 45.7 Å². The first-order valence-corrected chi connectivity index (χ1v) is 5.71. The Morgan fingerprint density at radius 1 is 1.19 bits per heavy atom. The first-order chi connectivity index (χ1) is 7.72. The molecule has 2 rings (SSSR count). The first kappa shape index (κ1) is 11.1. The van der Waals surface area contributed by atoms with Gasteiger partial charge in [0.2, 0.25) is 0 Å². The van der Waals surface area contributed by atoms with Crippen molar-refractivity contribution in [3.8, 4) is 17.3 Å². The average molecular weight is 294 g/mol. The molecule has 4 heteroatoms. The van der Waals surface area contributed by atoms with Crippen molar-refractivity contribution in [2.24, 2.45) is 0 Å². The van der Waals surface area contributed by atoms with Gasteiger partial charge in [-0.3, -0.25) is 0 Å². The maximum atomic E-state index is 8.75. The number of hydrogen-bond donors (Lipinski definition) is 0. The highest BCUT2D eigenvalue weighted by atomic mass is 79.9. The maximum absolute atomic E-state index is 8.75. The summed E-state index contributed by atoms with van der Waals surface area (Å²) in [6, 6.07) is 13.2. The lowest BCUT2D eigenvalue weighted by molar-refractivity contribution is 1.30. The average Bonchev–Trinajstić information content (AvgIpc) is 2.29. The van der Waals surface area contributed by atoms with Crippen molar-refractivity contribution in [2.75, 3.05) is 0 Å². The van der Waals surface area contributed by atoms with Crippen LogP contribution in [0.15, 0.2) is 40.9 Å². The molecule has 16 heavy (non-hydrogen) atoms. The van der Waals surface area contributed by atoms with E-state index in [0.29, 0.717) is 5.56 Å². The smallest absolute Gasteiger partial charge is 0.147 e. The largest absolute Gasteiger partial charge is 0.235 e. The summed E-state index contributed by atoms with van der Waals surface area (Å²) in [5, 5.41) is 8.98. The van der Waals surface area contributed by atoms with E-state index in [-0.39, 0.29) is 5.15 Å². The predicted octanol–water partition coefficient (Wildman–Crippen LogP) is 4.04. The highest BCUT2D eigenvalue weighted by molar-refractivity contribution is 9.10. The SMILES string of the molecule is N#Cc1ccc(-c2ccccc2Br)nc1Cl. The van der Waals surface area contributed by atoms with Gasteiger partial charge in [0.1, 0.15) is 11.2 Å². The van der Waals surface area contributed by atoms with Gasteiger partial charge in [0.25, 0.3) is 0 Å². The molecule has 0 radical (unpaired) electrons. The van der Waals surface area contributed by atoms with Gasteiger partial charge in [0.15, 0.2) is 0 Å². The third-order valence-electron chi connectivity index (χ3n) is 2.12. The van der Waals surface area contributed by atoms with E-state index < -0.39 is 0 Å². The van der Waals surface area contributed by atoms with E-state index in [1.54, 1.807) is 12.1 Å². The monoisotopic (exact) mass is 292 g/mol. The molecule has 0 aliphatic carbocycles. The fraction of sp³-hybridized carbons (Fsp3) is 0. The molecule has 0 aliphatic heterocycles. The number of benzene rings is 1. The molecule has 0 bridgehead atoms.